The Kier molecular flexibility index (Phi) is 6.02. The molecule has 122 valence electrons. The topological polar surface area (TPSA) is 69.3 Å². The van der Waals surface area contributed by atoms with E-state index >= 15 is 0 Å². The molecule has 0 aliphatic carbocycles. The lowest BCUT2D eigenvalue weighted by molar-refractivity contribution is -0.130. The van der Waals surface area contributed by atoms with Gasteiger partial charge in [0.25, 0.3) is 5.56 Å². The van der Waals surface area contributed by atoms with Crippen molar-refractivity contribution in [3.05, 3.63) is 22.1 Å². The van der Waals surface area contributed by atoms with Gasteiger partial charge in [0.2, 0.25) is 5.91 Å². The van der Waals surface area contributed by atoms with E-state index in [1.54, 1.807) is 0 Å². The molecule has 1 N–H and O–H groups in total. The van der Waals surface area contributed by atoms with Crippen molar-refractivity contribution in [2.24, 2.45) is 0 Å². The van der Waals surface area contributed by atoms with E-state index in [0.717, 1.165) is 38.4 Å². The van der Waals surface area contributed by atoms with Crippen molar-refractivity contribution in [2.75, 3.05) is 38.5 Å². The number of carbonyl (C=O) groups excluding carboxylic acids is 1. The first kappa shape index (κ1) is 17.0. The quantitative estimate of drug-likeness (QED) is 0.650. The van der Waals surface area contributed by atoms with Gasteiger partial charge in [-0.05, 0) is 12.5 Å². The number of amides is 1. The monoisotopic (exact) mass is 324 g/mol. The number of aromatic amines is 1. The third kappa shape index (κ3) is 4.58. The minimum absolute atomic E-state index is 0.110. The SMILES string of the molecule is CCN1CCN(C(=O)CSc2nc(C(C)C)cc(=O)[nH]2)CC1. The highest BCUT2D eigenvalue weighted by Gasteiger charge is 2.20. The van der Waals surface area contributed by atoms with Crippen molar-refractivity contribution in [2.45, 2.75) is 31.8 Å². The summed E-state index contributed by atoms with van der Waals surface area (Å²) in [5.74, 6) is 0.620. The number of likely N-dealkylation sites (N-methyl/N-ethyl adjacent to an activating group) is 1. The Morgan fingerprint density at radius 1 is 1.36 bits per heavy atom. The maximum atomic E-state index is 12.2. The van der Waals surface area contributed by atoms with Crippen LogP contribution in [0.15, 0.2) is 16.0 Å². The first-order valence-corrected chi connectivity index (χ1v) is 8.72. The molecule has 6 nitrogen and oxygen atoms in total. The normalized spacial score (nSPS) is 16.3. The molecule has 1 fully saturated rings. The third-order valence-electron chi connectivity index (χ3n) is 3.84. The molecule has 0 radical (unpaired) electrons. The average molecular weight is 324 g/mol. The predicted octanol–water partition coefficient (Wildman–Crippen LogP) is 1.15. The zero-order chi connectivity index (χ0) is 16.1. The van der Waals surface area contributed by atoms with Crippen LogP contribution in [0, 0.1) is 0 Å². The minimum Gasteiger partial charge on any atom is -0.339 e. The van der Waals surface area contributed by atoms with Crippen LogP contribution in [-0.2, 0) is 4.79 Å². The highest BCUT2D eigenvalue weighted by atomic mass is 32.2. The summed E-state index contributed by atoms with van der Waals surface area (Å²) >= 11 is 1.30. The van der Waals surface area contributed by atoms with Crippen LogP contribution in [0.25, 0.3) is 0 Å². The van der Waals surface area contributed by atoms with Crippen molar-refractivity contribution < 1.29 is 4.79 Å². The van der Waals surface area contributed by atoms with Crippen molar-refractivity contribution in [1.82, 2.24) is 19.8 Å². The average Bonchev–Trinajstić information content (AvgIpc) is 2.52. The number of nitrogens with one attached hydrogen (secondary N) is 1. The molecule has 0 saturated carbocycles. The van der Waals surface area contributed by atoms with Gasteiger partial charge in [-0.1, -0.05) is 32.5 Å². The fourth-order valence-corrected chi connectivity index (χ4v) is 3.14. The van der Waals surface area contributed by atoms with Gasteiger partial charge >= 0.3 is 0 Å². The maximum Gasteiger partial charge on any atom is 0.251 e. The fraction of sp³-hybridized carbons (Fsp3) is 0.667. The second kappa shape index (κ2) is 7.78. The second-order valence-electron chi connectivity index (χ2n) is 5.73. The van der Waals surface area contributed by atoms with Gasteiger partial charge in [0.15, 0.2) is 5.16 Å². The molecule has 0 aromatic carbocycles. The smallest absolute Gasteiger partial charge is 0.251 e. The van der Waals surface area contributed by atoms with E-state index < -0.39 is 0 Å². The van der Waals surface area contributed by atoms with Gasteiger partial charge < -0.3 is 14.8 Å². The minimum atomic E-state index is -0.162. The number of H-pyrrole nitrogens is 1. The van der Waals surface area contributed by atoms with Crippen LogP contribution in [0.4, 0.5) is 0 Å². The summed E-state index contributed by atoms with van der Waals surface area (Å²) in [5.41, 5.74) is 0.598. The summed E-state index contributed by atoms with van der Waals surface area (Å²) in [4.78, 5) is 35.2. The highest BCUT2D eigenvalue weighted by Crippen LogP contribution is 2.16. The van der Waals surface area contributed by atoms with E-state index in [-0.39, 0.29) is 17.4 Å². The van der Waals surface area contributed by atoms with Gasteiger partial charge in [0.1, 0.15) is 0 Å². The zero-order valence-corrected chi connectivity index (χ0v) is 14.3. The molecule has 2 rings (SSSR count). The van der Waals surface area contributed by atoms with E-state index in [4.69, 9.17) is 0 Å². The molecular formula is C15H24N4O2S. The number of hydrogen-bond acceptors (Lipinski definition) is 5. The molecule has 1 aromatic heterocycles. The Morgan fingerprint density at radius 3 is 2.64 bits per heavy atom. The number of nitrogens with zero attached hydrogens (tertiary/aromatic N) is 3. The van der Waals surface area contributed by atoms with Crippen molar-refractivity contribution in [3.8, 4) is 0 Å². The van der Waals surface area contributed by atoms with E-state index in [9.17, 15) is 9.59 Å². The number of thioether (sulfide) groups is 1. The van der Waals surface area contributed by atoms with E-state index in [1.807, 2.05) is 18.7 Å². The van der Waals surface area contributed by atoms with Crippen LogP contribution in [0.5, 0.6) is 0 Å². The second-order valence-corrected chi connectivity index (χ2v) is 6.70. The van der Waals surface area contributed by atoms with Crippen LogP contribution < -0.4 is 5.56 Å². The molecule has 1 amide bonds. The number of piperazine rings is 1. The lowest BCUT2D eigenvalue weighted by atomic mass is 10.1. The Balaban J connectivity index is 1.90. The van der Waals surface area contributed by atoms with Crippen LogP contribution in [0.3, 0.4) is 0 Å². The fourth-order valence-electron chi connectivity index (χ4n) is 2.35. The predicted molar refractivity (Wildman–Crippen MR) is 88.4 cm³/mol. The number of hydrogen-bond donors (Lipinski definition) is 1. The van der Waals surface area contributed by atoms with Crippen molar-refractivity contribution >= 4 is 17.7 Å². The number of rotatable bonds is 5. The molecule has 1 aromatic rings. The van der Waals surface area contributed by atoms with Crippen molar-refractivity contribution in [1.29, 1.82) is 0 Å². The Bertz CT molecular complexity index is 565. The summed E-state index contributed by atoms with van der Waals surface area (Å²) in [6.45, 7) is 10.6. The Labute approximate surface area is 135 Å². The maximum absolute atomic E-state index is 12.2. The Morgan fingerprint density at radius 2 is 2.05 bits per heavy atom. The van der Waals surface area contributed by atoms with Crippen LogP contribution in [-0.4, -0.2) is 64.2 Å². The first-order valence-electron chi connectivity index (χ1n) is 7.73. The molecule has 0 spiro atoms. The van der Waals surface area contributed by atoms with Gasteiger partial charge in [-0.3, -0.25) is 9.59 Å². The molecule has 1 aliphatic rings. The zero-order valence-electron chi connectivity index (χ0n) is 13.5. The molecule has 0 atom stereocenters. The van der Waals surface area contributed by atoms with Crippen LogP contribution >= 0.6 is 11.8 Å². The molecule has 22 heavy (non-hydrogen) atoms. The van der Waals surface area contributed by atoms with Gasteiger partial charge in [0, 0.05) is 32.2 Å². The summed E-state index contributed by atoms with van der Waals surface area (Å²) in [5, 5.41) is 0.525. The largest absolute Gasteiger partial charge is 0.339 e. The Hall–Kier alpha value is -1.34. The van der Waals surface area contributed by atoms with Gasteiger partial charge in [0.05, 0.1) is 11.4 Å². The summed E-state index contributed by atoms with van der Waals surface area (Å²) in [7, 11) is 0. The lowest BCUT2D eigenvalue weighted by Gasteiger charge is -2.34. The highest BCUT2D eigenvalue weighted by molar-refractivity contribution is 7.99. The standard InChI is InChI=1S/C15H24N4O2S/c1-4-18-5-7-19(8-6-18)14(21)10-22-15-16-12(11(2)3)9-13(20)17-15/h9,11H,4-8,10H2,1-3H3,(H,16,17,20). The van der Waals surface area contributed by atoms with Gasteiger partial charge in [-0.2, -0.15) is 0 Å². The molecule has 1 aliphatic heterocycles. The number of carbonyl (C=O) groups is 1. The summed E-state index contributed by atoms with van der Waals surface area (Å²) in [6.07, 6.45) is 0. The third-order valence-corrected chi connectivity index (χ3v) is 4.69. The van der Waals surface area contributed by atoms with E-state index in [1.165, 1.54) is 17.8 Å². The lowest BCUT2D eigenvalue weighted by Crippen LogP contribution is -2.49. The van der Waals surface area contributed by atoms with E-state index in [2.05, 4.69) is 21.8 Å². The molecule has 0 bridgehead atoms. The molecule has 2 heterocycles. The van der Waals surface area contributed by atoms with E-state index in [0.29, 0.717) is 10.9 Å². The molecule has 0 unspecified atom stereocenters. The number of aromatic nitrogens is 2. The molecular weight excluding hydrogens is 300 g/mol. The first-order chi connectivity index (χ1) is 10.5. The van der Waals surface area contributed by atoms with Crippen molar-refractivity contribution in [3.63, 3.8) is 0 Å². The van der Waals surface area contributed by atoms with Gasteiger partial charge in [-0.15, -0.1) is 0 Å². The van der Waals surface area contributed by atoms with Crippen LogP contribution in [0.1, 0.15) is 32.4 Å². The molecule has 7 heteroatoms. The molecule has 1 saturated heterocycles. The van der Waals surface area contributed by atoms with Gasteiger partial charge in [-0.25, -0.2) is 4.98 Å². The van der Waals surface area contributed by atoms with Crippen LogP contribution in [0.2, 0.25) is 0 Å². The summed E-state index contributed by atoms with van der Waals surface area (Å²) in [6, 6.07) is 1.51. The summed E-state index contributed by atoms with van der Waals surface area (Å²) < 4.78 is 0.